The van der Waals surface area contributed by atoms with Gasteiger partial charge in [-0.1, -0.05) is 36.4 Å². The maximum absolute atomic E-state index is 13.7. The number of ether oxygens (including phenoxy) is 4. The van der Waals surface area contributed by atoms with E-state index in [1.165, 1.54) is 0 Å². The molecule has 2 aromatic carbocycles. The van der Waals surface area contributed by atoms with E-state index in [4.69, 9.17) is 18.9 Å². The molecule has 0 aromatic heterocycles. The van der Waals surface area contributed by atoms with Crippen molar-refractivity contribution in [3.63, 3.8) is 0 Å². The molecule has 2 aromatic rings. The second-order valence-electron chi connectivity index (χ2n) is 13.8. The number of esters is 2. The fourth-order valence-corrected chi connectivity index (χ4v) is 5.51. The number of methoxy groups -OCH3 is 2. The molecular formula is C36H47N3O10. The number of carbonyl (C=O) groups is 6. The highest BCUT2D eigenvalue weighted by Crippen LogP contribution is 2.49. The number of hydrogen-bond donors (Lipinski definition) is 3. The molecule has 1 aliphatic carbocycles. The summed E-state index contributed by atoms with van der Waals surface area (Å²) in [6.07, 6.45) is -0.0691. The second kappa shape index (κ2) is 16.4. The normalized spacial score (nSPS) is 18.6. The van der Waals surface area contributed by atoms with E-state index >= 15 is 0 Å². The number of ketones is 1. The van der Waals surface area contributed by atoms with Crippen LogP contribution >= 0.6 is 0 Å². The number of nitrogens with one attached hydrogen (secondary N) is 3. The van der Waals surface area contributed by atoms with E-state index in [0.717, 1.165) is 25.3 Å². The Labute approximate surface area is 286 Å². The number of alkyl carbamates (subject to hydrolysis) is 2. The Bertz CT molecular complexity index is 1480. The van der Waals surface area contributed by atoms with Crippen LogP contribution in [0.4, 0.5) is 15.3 Å². The largest absolute Gasteiger partial charge is 0.469 e. The maximum atomic E-state index is 13.7. The second-order valence-corrected chi connectivity index (χ2v) is 13.8. The molecule has 0 aliphatic heterocycles. The highest BCUT2D eigenvalue weighted by molar-refractivity contribution is 6.08. The third kappa shape index (κ3) is 11.0. The van der Waals surface area contributed by atoms with Crippen LogP contribution in [0.15, 0.2) is 48.5 Å². The van der Waals surface area contributed by atoms with E-state index in [-0.39, 0.29) is 5.56 Å². The summed E-state index contributed by atoms with van der Waals surface area (Å²) in [4.78, 5) is 77.0. The van der Waals surface area contributed by atoms with Gasteiger partial charge in [0.25, 0.3) is 0 Å². The predicted octanol–water partition coefficient (Wildman–Crippen LogP) is 4.47. The van der Waals surface area contributed by atoms with Crippen molar-refractivity contribution in [2.45, 2.75) is 65.6 Å². The molecule has 0 radical (unpaired) electrons. The Morgan fingerprint density at radius 3 is 1.39 bits per heavy atom. The number of carbonyl (C=O) groups excluding carboxylic acids is 6. The summed E-state index contributed by atoms with van der Waals surface area (Å²) in [6, 6.07) is 13.4. The fourth-order valence-electron chi connectivity index (χ4n) is 5.51. The first-order valence-electron chi connectivity index (χ1n) is 16.1. The first-order valence-corrected chi connectivity index (χ1v) is 16.1. The fraction of sp³-hybridized carbons (Fsp3) is 0.500. The summed E-state index contributed by atoms with van der Waals surface area (Å²) in [5.74, 6) is -7.58. The molecule has 0 bridgehead atoms. The molecular weight excluding hydrogens is 634 g/mol. The molecule has 1 aliphatic rings. The van der Waals surface area contributed by atoms with Gasteiger partial charge in [0.2, 0.25) is 5.91 Å². The highest BCUT2D eigenvalue weighted by Gasteiger charge is 2.64. The zero-order valence-electron chi connectivity index (χ0n) is 29.3. The average molecular weight is 682 g/mol. The first kappa shape index (κ1) is 38.5. The molecule has 13 heteroatoms. The van der Waals surface area contributed by atoms with Gasteiger partial charge in [0.15, 0.2) is 5.78 Å². The van der Waals surface area contributed by atoms with Gasteiger partial charge in [-0.25, -0.2) is 9.59 Å². The van der Waals surface area contributed by atoms with Gasteiger partial charge in [-0.2, -0.15) is 0 Å². The van der Waals surface area contributed by atoms with E-state index < -0.39 is 70.7 Å². The third-order valence-electron chi connectivity index (χ3n) is 7.72. The van der Waals surface area contributed by atoms with Gasteiger partial charge in [0, 0.05) is 24.3 Å². The predicted molar refractivity (Wildman–Crippen MR) is 180 cm³/mol. The van der Waals surface area contributed by atoms with Crippen LogP contribution in [0.1, 0.15) is 63.0 Å². The Morgan fingerprint density at radius 2 is 1.00 bits per heavy atom. The Hall–Kier alpha value is -4.94. The molecule has 0 heterocycles. The highest BCUT2D eigenvalue weighted by atomic mass is 16.6. The topological polar surface area (TPSA) is 175 Å². The van der Waals surface area contributed by atoms with Crippen LogP contribution in [-0.2, 0) is 46.2 Å². The van der Waals surface area contributed by atoms with Crippen molar-refractivity contribution in [1.29, 1.82) is 0 Å². The quantitative estimate of drug-likeness (QED) is 0.165. The van der Waals surface area contributed by atoms with Crippen LogP contribution in [0, 0.1) is 23.7 Å². The van der Waals surface area contributed by atoms with E-state index in [0.29, 0.717) is 31.6 Å². The van der Waals surface area contributed by atoms with Crippen LogP contribution < -0.4 is 16.0 Å². The monoisotopic (exact) mass is 681 g/mol. The standard InChI is InChI=1S/C36H47N3O10/c1-35(2,3)48-33(44)37-19-17-21-9-13-23(14-10-21)29(40)25-27(31(42)46-7)26(28(25)32(43)47-8)30(41)39-24-15-11-22(12-16-24)18-20-38-34(45)49-36(4,5)6/h9-16,25-28H,17-20H2,1-8H3,(H,37,44)(H,38,45)(H,39,41). The summed E-state index contributed by atoms with van der Waals surface area (Å²) in [6.45, 7) is 11.3. The van der Waals surface area contributed by atoms with E-state index in [1.54, 1.807) is 90.1 Å². The van der Waals surface area contributed by atoms with Crippen LogP contribution in [0.2, 0.25) is 0 Å². The zero-order valence-corrected chi connectivity index (χ0v) is 29.3. The van der Waals surface area contributed by atoms with E-state index in [2.05, 4.69) is 16.0 Å². The van der Waals surface area contributed by atoms with Gasteiger partial charge < -0.3 is 34.9 Å². The summed E-state index contributed by atoms with van der Waals surface area (Å²) in [5.41, 5.74) is 1.15. The molecule has 1 saturated carbocycles. The van der Waals surface area contributed by atoms with Crippen molar-refractivity contribution in [2.24, 2.45) is 23.7 Å². The van der Waals surface area contributed by atoms with Gasteiger partial charge in [-0.15, -0.1) is 0 Å². The third-order valence-corrected chi connectivity index (χ3v) is 7.72. The van der Waals surface area contributed by atoms with Crippen molar-refractivity contribution in [2.75, 3.05) is 32.6 Å². The van der Waals surface area contributed by atoms with E-state index in [9.17, 15) is 28.8 Å². The Balaban J connectivity index is 1.68. The van der Waals surface area contributed by atoms with Gasteiger partial charge in [0.05, 0.1) is 37.9 Å². The minimum Gasteiger partial charge on any atom is -0.469 e. The lowest BCUT2D eigenvalue weighted by molar-refractivity contribution is -0.175. The summed E-state index contributed by atoms with van der Waals surface area (Å²) < 4.78 is 20.4. The van der Waals surface area contributed by atoms with Crippen molar-refractivity contribution < 1.29 is 47.7 Å². The molecule has 0 spiro atoms. The van der Waals surface area contributed by atoms with Crippen molar-refractivity contribution >= 4 is 41.5 Å². The maximum Gasteiger partial charge on any atom is 0.407 e. The van der Waals surface area contributed by atoms with Crippen molar-refractivity contribution in [3.8, 4) is 0 Å². The van der Waals surface area contributed by atoms with Crippen LogP contribution in [0.3, 0.4) is 0 Å². The molecule has 3 N–H and O–H groups in total. The number of rotatable bonds is 12. The summed E-state index contributed by atoms with van der Waals surface area (Å²) >= 11 is 0. The molecule has 3 amide bonds. The van der Waals surface area contributed by atoms with E-state index in [1.807, 2.05) is 0 Å². The van der Waals surface area contributed by atoms with Crippen molar-refractivity contribution in [3.05, 3.63) is 65.2 Å². The molecule has 2 atom stereocenters. The van der Waals surface area contributed by atoms with Gasteiger partial charge in [-0.05, 0) is 77.6 Å². The Morgan fingerprint density at radius 1 is 0.592 bits per heavy atom. The lowest BCUT2D eigenvalue weighted by Crippen LogP contribution is -2.61. The lowest BCUT2D eigenvalue weighted by atomic mass is 9.54. The number of anilines is 1. The summed E-state index contributed by atoms with van der Waals surface area (Å²) in [7, 11) is 2.31. The first-order chi connectivity index (χ1) is 22.9. The Kier molecular flexibility index (Phi) is 12.9. The van der Waals surface area contributed by atoms with Crippen LogP contribution in [0.5, 0.6) is 0 Å². The van der Waals surface area contributed by atoms with Gasteiger partial charge in [0.1, 0.15) is 11.2 Å². The lowest BCUT2D eigenvalue weighted by Gasteiger charge is -2.46. The van der Waals surface area contributed by atoms with Crippen molar-refractivity contribution in [1.82, 2.24) is 10.6 Å². The summed E-state index contributed by atoms with van der Waals surface area (Å²) in [5, 5.41) is 8.11. The number of benzene rings is 2. The van der Waals surface area contributed by atoms with Gasteiger partial charge >= 0.3 is 24.1 Å². The van der Waals surface area contributed by atoms with Crippen LogP contribution in [-0.4, -0.2) is 74.3 Å². The number of hydrogen-bond acceptors (Lipinski definition) is 10. The number of Topliss-reactive ketones (excluding diaryl/α,β-unsaturated/α-hetero) is 1. The molecule has 3 rings (SSSR count). The average Bonchev–Trinajstić information content (AvgIpc) is 2.99. The molecule has 1 fully saturated rings. The van der Waals surface area contributed by atoms with Crippen LogP contribution in [0.25, 0.3) is 0 Å². The molecule has 2 unspecified atom stereocenters. The molecule has 266 valence electrons. The SMILES string of the molecule is COC(=O)C1C(C(=O)Nc2ccc(CCNC(=O)OC(C)(C)C)cc2)C(C(=O)OC)C1C(=O)c1ccc(CCNC(=O)OC(C)(C)C)cc1. The molecule has 0 saturated heterocycles. The zero-order chi connectivity index (χ0) is 36.5. The molecule has 49 heavy (non-hydrogen) atoms. The number of amides is 3. The minimum absolute atomic E-state index is 0.243. The molecule has 13 nitrogen and oxygen atoms in total. The smallest absolute Gasteiger partial charge is 0.407 e. The minimum atomic E-state index is -1.22. The van der Waals surface area contributed by atoms with Gasteiger partial charge in [-0.3, -0.25) is 19.2 Å².